The first-order valence-corrected chi connectivity index (χ1v) is 8.14. The van der Waals surface area contributed by atoms with Crippen LogP contribution in [-0.4, -0.2) is 41.1 Å². The van der Waals surface area contributed by atoms with Crippen LogP contribution in [0.15, 0.2) is 30.5 Å². The number of ether oxygens (including phenoxy) is 1. The summed E-state index contributed by atoms with van der Waals surface area (Å²) in [6, 6.07) is 8.98. The van der Waals surface area contributed by atoms with Crippen molar-refractivity contribution in [3.63, 3.8) is 0 Å². The van der Waals surface area contributed by atoms with Gasteiger partial charge < -0.3 is 9.72 Å². The Hall–Kier alpha value is -1.81. The van der Waals surface area contributed by atoms with E-state index in [0.29, 0.717) is 23.6 Å². The lowest BCUT2D eigenvalue weighted by Crippen LogP contribution is -2.49. The molecule has 3 heterocycles. The number of benzene rings is 1. The van der Waals surface area contributed by atoms with E-state index in [1.54, 1.807) is 6.20 Å². The predicted octanol–water partition coefficient (Wildman–Crippen LogP) is 3.20. The minimum Gasteiger partial charge on any atom is -0.458 e. The Morgan fingerprint density at radius 3 is 3.00 bits per heavy atom. The maximum absolute atomic E-state index is 12.6. The highest BCUT2D eigenvalue weighted by Gasteiger charge is 2.45. The van der Waals surface area contributed by atoms with Gasteiger partial charge in [0.2, 0.25) is 0 Å². The van der Waals surface area contributed by atoms with Crippen LogP contribution in [-0.2, 0) is 4.74 Å². The number of aromatic nitrogens is 1. The standard InChI is InChI=1S/C18H22N2O2/c1-11-16-8-7-12(20(16)2)9-17(11)22-18(21)14-10-19-15-6-4-3-5-13(14)15/h3-6,10-12,16-17,19H,7-9H2,1-2H3. The summed E-state index contributed by atoms with van der Waals surface area (Å²) in [4.78, 5) is 18.2. The molecule has 4 nitrogen and oxygen atoms in total. The number of aromatic amines is 1. The monoisotopic (exact) mass is 298 g/mol. The number of nitrogens with one attached hydrogen (secondary N) is 1. The molecule has 2 saturated heterocycles. The Bertz CT molecular complexity index is 708. The van der Waals surface area contributed by atoms with Crippen molar-refractivity contribution in [2.45, 2.75) is 44.4 Å². The summed E-state index contributed by atoms with van der Waals surface area (Å²) >= 11 is 0. The zero-order valence-corrected chi connectivity index (χ0v) is 13.1. The highest BCUT2D eigenvalue weighted by Crippen LogP contribution is 2.39. The average molecular weight is 298 g/mol. The van der Waals surface area contributed by atoms with Gasteiger partial charge in [-0.2, -0.15) is 0 Å². The third-order valence-corrected chi connectivity index (χ3v) is 5.66. The van der Waals surface area contributed by atoms with Gasteiger partial charge in [-0.3, -0.25) is 4.90 Å². The lowest BCUT2D eigenvalue weighted by atomic mass is 9.89. The van der Waals surface area contributed by atoms with E-state index in [9.17, 15) is 4.79 Å². The quantitative estimate of drug-likeness (QED) is 0.866. The van der Waals surface area contributed by atoms with Crippen LogP contribution in [0, 0.1) is 5.92 Å². The van der Waals surface area contributed by atoms with E-state index in [1.807, 2.05) is 24.3 Å². The highest BCUT2D eigenvalue weighted by molar-refractivity contribution is 6.04. The topological polar surface area (TPSA) is 45.3 Å². The molecule has 0 saturated carbocycles. The molecule has 1 aromatic heterocycles. The van der Waals surface area contributed by atoms with E-state index in [0.717, 1.165) is 17.3 Å². The van der Waals surface area contributed by atoms with Gasteiger partial charge in [-0.1, -0.05) is 25.1 Å². The summed E-state index contributed by atoms with van der Waals surface area (Å²) in [5, 5.41) is 0.941. The summed E-state index contributed by atoms with van der Waals surface area (Å²) < 4.78 is 5.90. The van der Waals surface area contributed by atoms with Gasteiger partial charge in [-0.25, -0.2) is 4.79 Å². The van der Waals surface area contributed by atoms with Crippen molar-refractivity contribution in [1.29, 1.82) is 0 Å². The zero-order valence-electron chi connectivity index (χ0n) is 13.1. The number of hydrogen-bond donors (Lipinski definition) is 1. The number of carbonyl (C=O) groups excluding carboxylic acids is 1. The number of para-hydroxylation sites is 1. The number of nitrogens with zero attached hydrogens (tertiary/aromatic N) is 1. The lowest BCUT2D eigenvalue weighted by Gasteiger charge is -2.40. The van der Waals surface area contributed by atoms with Gasteiger partial charge in [-0.05, 0) is 26.0 Å². The Morgan fingerprint density at radius 1 is 1.32 bits per heavy atom. The Kier molecular flexibility index (Phi) is 3.22. The molecule has 0 spiro atoms. The van der Waals surface area contributed by atoms with Crippen molar-refractivity contribution in [2.75, 3.05) is 7.05 Å². The first-order valence-electron chi connectivity index (χ1n) is 8.14. The Labute approximate surface area is 130 Å². The lowest BCUT2D eigenvalue weighted by molar-refractivity contribution is -0.0285. The number of hydrogen-bond acceptors (Lipinski definition) is 3. The maximum Gasteiger partial charge on any atom is 0.340 e. The first kappa shape index (κ1) is 13.8. The summed E-state index contributed by atoms with van der Waals surface area (Å²) in [6.07, 6.45) is 5.22. The predicted molar refractivity (Wildman–Crippen MR) is 85.9 cm³/mol. The van der Waals surface area contributed by atoms with Crippen LogP contribution in [0.5, 0.6) is 0 Å². The summed E-state index contributed by atoms with van der Waals surface area (Å²) in [5.41, 5.74) is 1.63. The second-order valence-electron chi connectivity index (χ2n) is 6.75. The second kappa shape index (κ2) is 5.13. The third kappa shape index (κ3) is 2.05. The molecule has 1 N–H and O–H groups in total. The molecule has 1 aromatic carbocycles. The van der Waals surface area contributed by atoms with Crippen LogP contribution in [0.3, 0.4) is 0 Å². The van der Waals surface area contributed by atoms with Crippen LogP contribution in [0.4, 0.5) is 0 Å². The molecule has 0 aliphatic carbocycles. The van der Waals surface area contributed by atoms with Crippen molar-refractivity contribution in [1.82, 2.24) is 9.88 Å². The third-order valence-electron chi connectivity index (χ3n) is 5.66. The van der Waals surface area contributed by atoms with Gasteiger partial charge in [0.05, 0.1) is 5.56 Å². The Balaban J connectivity index is 1.55. The number of H-pyrrole nitrogens is 1. The molecule has 2 fully saturated rings. The number of piperidine rings is 1. The molecular weight excluding hydrogens is 276 g/mol. The summed E-state index contributed by atoms with van der Waals surface area (Å²) in [5.74, 6) is 0.205. The molecule has 4 atom stereocenters. The first-order chi connectivity index (χ1) is 10.6. The molecule has 2 aromatic rings. The van der Waals surface area contributed by atoms with Crippen LogP contribution < -0.4 is 0 Å². The molecule has 22 heavy (non-hydrogen) atoms. The second-order valence-corrected chi connectivity index (χ2v) is 6.75. The minimum atomic E-state index is -0.196. The van der Waals surface area contributed by atoms with E-state index in [4.69, 9.17) is 4.74 Å². The van der Waals surface area contributed by atoms with Crippen LogP contribution in [0.1, 0.15) is 36.5 Å². The van der Waals surface area contributed by atoms with Gasteiger partial charge in [0, 0.05) is 41.5 Å². The highest BCUT2D eigenvalue weighted by atomic mass is 16.5. The van der Waals surface area contributed by atoms with Crippen molar-refractivity contribution >= 4 is 16.9 Å². The molecule has 4 rings (SSSR count). The van der Waals surface area contributed by atoms with Gasteiger partial charge >= 0.3 is 5.97 Å². The zero-order chi connectivity index (χ0) is 15.3. The minimum absolute atomic E-state index is 0.0369. The van der Waals surface area contributed by atoms with Crippen molar-refractivity contribution in [3.8, 4) is 0 Å². The summed E-state index contributed by atoms with van der Waals surface area (Å²) in [7, 11) is 2.20. The van der Waals surface area contributed by atoms with E-state index in [-0.39, 0.29) is 12.1 Å². The molecule has 0 radical (unpaired) electrons. The van der Waals surface area contributed by atoms with Gasteiger partial charge in [0.15, 0.2) is 0 Å². The number of fused-ring (bicyclic) bond motifs is 3. The maximum atomic E-state index is 12.6. The van der Waals surface area contributed by atoms with Crippen molar-refractivity contribution in [3.05, 3.63) is 36.0 Å². The smallest absolute Gasteiger partial charge is 0.340 e. The van der Waals surface area contributed by atoms with Crippen molar-refractivity contribution in [2.24, 2.45) is 5.92 Å². The van der Waals surface area contributed by atoms with Gasteiger partial charge in [0.1, 0.15) is 6.10 Å². The fraction of sp³-hybridized carbons (Fsp3) is 0.500. The molecule has 2 aliphatic heterocycles. The molecule has 4 heteroatoms. The summed E-state index contributed by atoms with van der Waals surface area (Å²) in [6.45, 7) is 2.22. The van der Waals surface area contributed by atoms with Gasteiger partial charge in [-0.15, -0.1) is 0 Å². The normalized spacial score (nSPS) is 31.5. The van der Waals surface area contributed by atoms with Crippen LogP contribution in [0.25, 0.3) is 10.9 Å². The number of carbonyl (C=O) groups is 1. The molecule has 2 aliphatic rings. The molecule has 4 unspecified atom stereocenters. The van der Waals surface area contributed by atoms with E-state index < -0.39 is 0 Å². The fourth-order valence-electron chi connectivity index (χ4n) is 4.29. The van der Waals surface area contributed by atoms with E-state index in [1.165, 1.54) is 12.8 Å². The van der Waals surface area contributed by atoms with E-state index >= 15 is 0 Å². The molecule has 0 amide bonds. The average Bonchev–Trinajstić information content (AvgIpc) is 3.05. The molecule has 116 valence electrons. The molecular formula is C18H22N2O2. The molecule has 2 bridgehead atoms. The SMILES string of the molecule is CC1C(OC(=O)c2c[nH]c3ccccc23)CC2CCC1N2C. The largest absolute Gasteiger partial charge is 0.458 e. The van der Waals surface area contributed by atoms with Crippen LogP contribution >= 0.6 is 0 Å². The van der Waals surface area contributed by atoms with E-state index in [2.05, 4.69) is 23.9 Å². The number of rotatable bonds is 2. The van der Waals surface area contributed by atoms with Crippen molar-refractivity contribution < 1.29 is 9.53 Å². The Morgan fingerprint density at radius 2 is 2.14 bits per heavy atom. The van der Waals surface area contributed by atoms with Gasteiger partial charge in [0.25, 0.3) is 0 Å². The van der Waals surface area contributed by atoms with Crippen LogP contribution in [0.2, 0.25) is 0 Å². The number of esters is 1. The fourth-order valence-corrected chi connectivity index (χ4v) is 4.29.